The molecule has 4 aromatic rings. The lowest BCUT2D eigenvalue weighted by molar-refractivity contribution is 0.0526. The Bertz CT molecular complexity index is 1590. The molecule has 11 heteroatoms. The number of carbonyl (C=O) groups excluding carboxylic acids is 1. The number of nitrogens with zero attached hydrogens (tertiary/aromatic N) is 2. The van der Waals surface area contributed by atoms with Gasteiger partial charge in [0.15, 0.2) is 11.6 Å². The molecule has 0 saturated carbocycles. The lowest BCUT2D eigenvalue weighted by Gasteiger charge is -2.18. The molecule has 1 aliphatic rings. The monoisotopic (exact) mass is 540 g/mol. The number of nitrogens with one attached hydrogen (secondary N) is 2. The first kappa shape index (κ1) is 25.1. The quantitative estimate of drug-likeness (QED) is 0.290. The maximum absolute atomic E-state index is 13.4. The Labute approximate surface area is 218 Å². The molecule has 2 aromatic carbocycles. The highest BCUT2D eigenvalue weighted by Gasteiger charge is 2.29. The van der Waals surface area contributed by atoms with Crippen LogP contribution in [0.3, 0.4) is 0 Å². The van der Waals surface area contributed by atoms with E-state index in [1.54, 1.807) is 31.2 Å². The number of anilines is 3. The minimum Gasteiger partial charge on any atom is -0.462 e. The van der Waals surface area contributed by atoms with E-state index in [0.717, 1.165) is 41.8 Å². The molecule has 2 N–H and O–H groups in total. The van der Waals surface area contributed by atoms with E-state index in [1.807, 2.05) is 0 Å². The number of ether oxygens (including phenoxy) is 1. The summed E-state index contributed by atoms with van der Waals surface area (Å²) >= 11 is 1.45. The molecule has 0 aliphatic heterocycles. The van der Waals surface area contributed by atoms with Crippen molar-refractivity contribution in [2.75, 3.05) is 16.6 Å². The average Bonchev–Trinajstić information content (AvgIpc) is 3.21. The van der Waals surface area contributed by atoms with Crippen LogP contribution in [-0.4, -0.2) is 31.0 Å². The molecule has 2 heterocycles. The molecule has 1 atom stereocenters. The normalized spacial score (nSPS) is 15.3. The summed E-state index contributed by atoms with van der Waals surface area (Å²) in [6.07, 6.45) is 2.58. The number of sulfonamides is 1. The molecule has 8 nitrogen and oxygen atoms in total. The van der Waals surface area contributed by atoms with Gasteiger partial charge in [0.1, 0.15) is 10.8 Å². The van der Waals surface area contributed by atoms with E-state index in [0.29, 0.717) is 27.5 Å². The van der Waals surface area contributed by atoms with E-state index in [2.05, 4.69) is 26.9 Å². The first-order valence-corrected chi connectivity index (χ1v) is 14.2. The van der Waals surface area contributed by atoms with Crippen LogP contribution in [0, 0.1) is 11.7 Å². The third-order valence-corrected chi connectivity index (χ3v) is 8.67. The van der Waals surface area contributed by atoms with Crippen LogP contribution in [0.1, 0.15) is 41.1 Å². The van der Waals surface area contributed by atoms with E-state index in [4.69, 9.17) is 4.74 Å². The molecule has 0 radical (unpaired) electrons. The summed E-state index contributed by atoms with van der Waals surface area (Å²) in [5.74, 6) is -0.389. The van der Waals surface area contributed by atoms with Gasteiger partial charge in [-0.05, 0) is 74.1 Å². The van der Waals surface area contributed by atoms with Crippen molar-refractivity contribution in [2.45, 2.75) is 38.0 Å². The van der Waals surface area contributed by atoms with Gasteiger partial charge in [0.2, 0.25) is 0 Å². The molecule has 0 fully saturated rings. The molecule has 1 aliphatic carbocycles. The molecule has 192 valence electrons. The Morgan fingerprint density at radius 3 is 2.46 bits per heavy atom. The first-order chi connectivity index (χ1) is 17.7. The number of fused-ring (bicyclic) bond motifs is 2. The summed E-state index contributed by atoms with van der Waals surface area (Å²) in [6, 6.07) is 11.6. The van der Waals surface area contributed by atoms with E-state index >= 15 is 0 Å². The fraction of sp³-hybridized carbons (Fsp3) is 0.269. The van der Waals surface area contributed by atoms with Crippen LogP contribution < -0.4 is 10.0 Å². The maximum atomic E-state index is 13.4. The minimum absolute atomic E-state index is 0.0439. The molecule has 0 spiro atoms. The lowest BCUT2D eigenvalue weighted by atomic mass is 9.88. The number of carbonyl (C=O) groups is 1. The summed E-state index contributed by atoms with van der Waals surface area (Å²) in [5, 5.41) is 3.72. The van der Waals surface area contributed by atoms with Gasteiger partial charge in [0.05, 0.1) is 28.1 Å². The van der Waals surface area contributed by atoms with Crippen LogP contribution in [-0.2, 0) is 27.6 Å². The van der Waals surface area contributed by atoms with Gasteiger partial charge in [0, 0.05) is 4.88 Å². The molecule has 5 rings (SSSR count). The fourth-order valence-electron chi connectivity index (χ4n) is 4.32. The highest BCUT2D eigenvalue weighted by molar-refractivity contribution is 7.92. The summed E-state index contributed by atoms with van der Waals surface area (Å²) in [4.78, 5) is 23.1. The average molecular weight is 541 g/mol. The molecule has 0 amide bonds. The van der Waals surface area contributed by atoms with Gasteiger partial charge in [0.25, 0.3) is 10.0 Å². The Hall–Kier alpha value is -3.57. The first-order valence-electron chi connectivity index (χ1n) is 11.9. The standard InChI is InChI=1S/C26H25FN4O4S2/c1-3-35-26(32)22-18-13-8-15(2)14-21(18)36-25(22)30-23-24(29-20-7-5-4-6-19(20)28-23)31-37(33,34)17-11-9-16(27)10-12-17/h4-7,9-12,15H,3,8,13-14H2,1-2H3,(H,28,30)(H,29,31)/t15-/m0/s1. The highest BCUT2D eigenvalue weighted by atomic mass is 32.2. The second-order valence-corrected chi connectivity index (χ2v) is 11.7. The highest BCUT2D eigenvalue weighted by Crippen LogP contribution is 2.42. The predicted octanol–water partition coefficient (Wildman–Crippen LogP) is 5.68. The van der Waals surface area contributed by atoms with Gasteiger partial charge in [-0.3, -0.25) is 4.72 Å². The van der Waals surface area contributed by atoms with Gasteiger partial charge >= 0.3 is 5.97 Å². The van der Waals surface area contributed by atoms with E-state index < -0.39 is 21.8 Å². The number of thiophene rings is 1. The SMILES string of the molecule is CCOC(=O)c1c(Nc2nc3ccccc3nc2NS(=O)(=O)c2ccc(F)cc2)sc2c1CC[C@H](C)C2. The number of hydrogen-bond acceptors (Lipinski definition) is 8. The van der Waals surface area contributed by atoms with Gasteiger partial charge in [-0.25, -0.2) is 27.6 Å². The van der Waals surface area contributed by atoms with Crippen molar-refractivity contribution in [3.63, 3.8) is 0 Å². The van der Waals surface area contributed by atoms with Gasteiger partial charge in [-0.1, -0.05) is 19.1 Å². The Kier molecular flexibility index (Phi) is 6.82. The van der Waals surface area contributed by atoms with E-state index in [-0.39, 0.29) is 23.1 Å². The number of esters is 1. The predicted molar refractivity (Wildman–Crippen MR) is 141 cm³/mol. The van der Waals surface area contributed by atoms with Crippen molar-refractivity contribution in [3.05, 3.63) is 70.4 Å². The van der Waals surface area contributed by atoms with Gasteiger partial charge < -0.3 is 10.1 Å². The molecule has 0 bridgehead atoms. The Morgan fingerprint density at radius 2 is 1.78 bits per heavy atom. The van der Waals surface area contributed by atoms with Crippen LogP contribution in [0.4, 0.5) is 21.0 Å². The van der Waals surface area contributed by atoms with Crippen molar-refractivity contribution in [1.82, 2.24) is 9.97 Å². The van der Waals surface area contributed by atoms with Crippen molar-refractivity contribution in [1.29, 1.82) is 0 Å². The van der Waals surface area contributed by atoms with Crippen LogP contribution in [0.2, 0.25) is 0 Å². The number of halogens is 1. The Balaban J connectivity index is 1.60. The number of rotatable bonds is 7. The van der Waals surface area contributed by atoms with Crippen molar-refractivity contribution in [3.8, 4) is 0 Å². The molecule has 0 unspecified atom stereocenters. The molecular weight excluding hydrogens is 515 g/mol. The molecule has 37 heavy (non-hydrogen) atoms. The summed E-state index contributed by atoms with van der Waals surface area (Å²) < 4.78 is 47.4. The van der Waals surface area contributed by atoms with Gasteiger partial charge in [-0.2, -0.15) is 0 Å². The van der Waals surface area contributed by atoms with Crippen LogP contribution in [0.25, 0.3) is 11.0 Å². The topological polar surface area (TPSA) is 110 Å². The van der Waals surface area contributed by atoms with E-state index in [1.165, 1.54) is 23.5 Å². The Morgan fingerprint density at radius 1 is 1.11 bits per heavy atom. The lowest BCUT2D eigenvalue weighted by Crippen LogP contribution is -2.16. The zero-order chi connectivity index (χ0) is 26.2. The number of aromatic nitrogens is 2. The van der Waals surface area contributed by atoms with Crippen molar-refractivity contribution >= 4 is 55.0 Å². The third kappa shape index (κ3) is 5.14. The third-order valence-electron chi connectivity index (χ3n) is 6.15. The summed E-state index contributed by atoms with van der Waals surface area (Å²) in [6.45, 7) is 4.16. The smallest absolute Gasteiger partial charge is 0.341 e. The van der Waals surface area contributed by atoms with Crippen LogP contribution in [0.15, 0.2) is 53.4 Å². The summed E-state index contributed by atoms with van der Waals surface area (Å²) in [7, 11) is -4.11. The molecule has 2 aromatic heterocycles. The molecular formula is C26H25FN4O4S2. The zero-order valence-corrected chi connectivity index (χ0v) is 21.9. The second kappa shape index (κ2) is 10.1. The molecule has 0 saturated heterocycles. The van der Waals surface area contributed by atoms with Crippen molar-refractivity contribution < 1.29 is 22.3 Å². The zero-order valence-electron chi connectivity index (χ0n) is 20.2. The van der Waals surface area contributed by atoms with Crippen molar-refractivity contribution in [2.24, 2.45) is 5.92 Å². The summed E-state index contributed by atoms with van der Waals surface area (Å²) in [5.41, 5.74) is 2.44. The second-order valence-electron chi connectivity index (χ2n) is 8.87. The van der Waals surface area contributed by atoms with E-state index in [9.17, 15) is 17.6 Å². The number of hydrogen-bond donors (Lipinski definition) is 2. The fourth-order valence-corrected chi connectivity index (χ4v) is 6.73. The number of para-hydroxylation sites is 2. The minimum atomic E-state index is -4.11. The van der Waals surface area contributed by atoms with Crippen LogP contribution >= 0.6 is 11.3 Å². The number of benzene rings is 2. The largest absolute Gasteiger partial charge is 0.462 e. The maximum Gasteiger partial charge on any atom is 0.341 e. The van der Waals surface area contributed by atoms with Crippen LogP contribution in [0.5, 0.6) is 0 Å². The van der Waals surface area contributed by atoms with Gasteiger partial charge in [-0.15, -0.1) is 11.3 Å².